The number of hydrogen-bond donors (Lipinski definition) is 1. The fraction of sp³-hybridized carbons (Fsp3) is 0.130. The first-order chi connectivity index (χ1) is 14.5. The number of fused-ring (bicyclic) bond motifs is 1. The molecule has 0 aromatic heterocycles. The van der Waals surface area contributed by atoms with Crippen LogP contribution < -0.4 is 10.2 Å². The number of rotatable bonds is 5. The fourth-order valence-corrected chi connectivity index (χ4v) is 4.55. The van der Waals surface area contributed by atoms with Crippen molar-refractivity contribution in [2.45, 2.75) is 18.0 Å². The van der Waals surface area contributed by atoms with Gasteiger partial charge >= 0.3 is 0 Å². The van der Waals surface area contributed by atoms with Crippen LogP contribution in [0.1, 0.15) is 21.5 Å². The first kappa shape index (κ1) is 20.8. The normalized spacial score (nSPS) is 13.1. The highest BCUT2D eigenvalue weighted by atomic mass is 35.5. The van der Waals surface area contributed by atoms with Crippen molar-refractivity contribution in [2.24, 2.45) is 0 Å². The van der Waals surface area contributed by atoms with Crippen LogP contribution in [0, 0.1) is 0 Å². The Balaban J connectivity index is 1.55. The van der Waals surface area contributed by atoms with Gasteiger partial charge < -0.3 is 10.2 Å². The van der Waals surface area contributed by atoms with Crippen LogP contribution in [0.3, 0.4) is 0 Å². The number of anilines is 1. The molecule has 0 saturated carbocycles. The maximum atomic E-state index is 12.7. The largest absolute Gasteiger partial charge is 0.348 e. The maximum Gasteiger partial charge on any atom is 0.251 e. The molecule has 0 atom stereocenters. The molecular formula is C23H18Cl2N2O2S. The van der Waals surface area contributed by atoms with Gasteiger partial charge in [-0.25, -0.2) is 0 Å². The minimum atomic E-state index is -0.239. The number of carbonyl (C=O) groups is 2. The molecule has 4 rings (SSSR count). The number of carbonyl (C=O) groups excluding carboxylic acids is 2. The van der Waals surface area contributed by atoms with Crippen LogP contribution in [0.5, 0.6) is 0 Å². The lowest BCUT2D eigenvalue weighted by Gasteiger charge is -2.29. The van der Waals surface area contributed by atoms with E-state index < -0.39 is 0 Å². The van der Waals surface area contributed by atoms with Gasteiger partial charge in [0.25, 0.3) is 5.91 Å². The quantitative estimate of drug-likeness (QED) is 0.546. The SMILES string of the molecule is O=C(NCc1cccc(Cl)c1Cl)c1ccc2c(c1)N(Cc1ccccc1)C(=O)CS2. The topological polar surface area (TPSA) is 49.4 Å². The molecule has 0 fully saturated rings. The summed E-state index contributed by atoms with van der Waals surface area (Å²) in [5.41, 5.74) is 3.02. The van der Waals surface area contributed by atoms with Crippen LogP contribution in [0.15, 0.2) is 71.6 Å². The van der Waals surface area contributed by atoms with Crippen LogP contribution >= 0.6 is 35.0 Å². The number of nitrogens with zero attached hydrogens (tertiary/aromatic N) is 1. The molecule has 152 valence electrons. The highest BCUT2D eigenvalue weighted by Gasteiger charge is 2.26. The summed E-state index contributed by atoms with van der Waals surface area (Å²) in [6.07, 6.45) is 0. The second-order valence-corrected chi connectivity index (χ2v) is 8.63. The molecule has 1 aliphatic rings. The third-order valence-corrected chi connectivity index (χ3v) is 6.72. The van der Waals surface area contributed by atoms with Gasteiger partial charge in [-0.1, -0.05) is 65.7 Å². The van der Waals surface area contributed by atoms with Gasteiger partial charge in [-0.2, -0.15) is 0 Å². The molecule has 3 aromatic carbocycles. The summed E-state index contributed by atoms with van der Waals surface area (Å²) in [7, 11) is 0. The van der Waals surface area contributed by atoms with Gasteiger partial charge in [-0.05, 0) is 35.4 Å². The highest BCUT2D eigenvalue weighted by molar-refractivity contribution is 8.00. The molecule has 0 spiro atoms. The van der Waals surface area contributed by atoms with E-state index in [2.05, 4.69) is 5.32 Å². The minimum Gasteiger partial charge on any atom is -0.348 e. The van der Waals surface area contributed by atoms with Crippen molar-refractivity contribution in [1.29, 1.82) is 0 Å². The lowest BCUT2D eigenvalue weighted by molar-refractivity contribution is -0.116. The number of thioether (sulfide) groups is 1. The van der Waals surface area contributed by atoms with Crippen LogP contribution in [-0.2, 0) is 17.9 Å². The summed E-state index contributed by atoms with van der Waals surface area (Å²) >= 11 is 13.7. The molecule has 0 radical (unpaired) electrons. The molecule has 1 aliphatic heterocycles. The van der Waals surface area contributed by atoms with E-state index in [0.29, 0.717) is 27.9 Å². The second kappa shape index (κ2) is 9.13. The summed E-state index contributed by atoms with van der Waals surface area (Å²) in [6, 6.07) is 20.6. The van der Waals surface area contributed by atoms with E-state index in [1.807, 2.05) is 42.5 Å². The number of hydrogen-bond acceptors (Lipinski definition) is 3. The number of halogens is 2. The van der Waals surface area contributed by atoms with Gasteiger partial charge in [0.05, 0.1) is 28.0 Å². The van der Waals surface area contributed by atoms with Crippen molar-refractivity contribution in [3.05, 3.63) is 93.5 Å². The van der Waals surface area contributed by atoms with Crippen molar-refractivity contribution in [3.63, 3.8) is 0 Å². The minimum absolute atomic E-state index is 0.0274. The molecule has 0 aliphatic carbocycles. The summed E-state index contributed by atoms with van der Waals surface area (Å²) in [4.78, 5) is 28.1. The van der Waals surface area contributed by atoms with Gasteiger partial charge in [0, 0.05) is 17.0 Å². The van der Waals surface area contributed by atoms with Crippen LogP contribution in [-0.4, -0.2) is 17.6 Å². The Morgan fingerprint density at radius 1 is 1.03 bits per heavy atom. The third-order valence-electron chi connectivity index (χ3n) is 4.82. The van der Waals surface area contributed by atoms with Gasteiger partial charge in [0.1, 0.15) is 0 Å². The molecule has 0 saturated heterocycles. The average Bonchev–Trinajstić information content (AvgIpc) is 2.77. The zero-order chi connectivity index (χ0) is 21.1. The van der Waals surface area contributed by atoms with Crippen LogP contribution in [0.25, 0.3) is 0 Å². The van der Waals surface area contributed by atoms with E-state index >= 15 is 0 Å². The molecular weight excluding hydrogens is 439 g/mol. The van der Waals surface area contributed by atoms with Gasteiger partial charge in [-0.3, -0.25) is 9.59 Å². The summed E-state index contributed by atoms with van der Waals surface area (Å²) in [6.45, 7) is 0.729. The van der Waals surface area contributed by atoms with Gasteiger partial charge in [0.15, 0.2) is 0 Å². The molecule has 0 unspecified atom stereocenters. The number of nitrogens with one attached hydrogen (secondary N) is 1. The molecule has 2 amide bonds. The summed E-state index contributed by atoms with van der Waals surface area (Å²) < 4.78 is 0. The Morgan fingerprint density at radius 2 is 1.83 bits per heavy atom. The molecule has 0 bridgehead atoms. The predicted octanol–water partition coefficient (Wildman–Crippen LogP) is 5.56. The average molecular weight is 457 g/mol. The van der Waals surface area contributed by atoms with Crippen LogP contribution in [0.2, 0.25) is 10.0 Å². The highest BCUT2D eigenvalue weighted by Crippen LogP contribution is 2.37. The van der Waals surface area contributed by atoms with E-state index in [9.17, 15) is 9.59 Å². The second-order valence-electron chi connectivity index (χ2n) is 6.83. The Hall–Kier alpha value is -2.47. The van der Waals surface area contributed by atoms with E-state index in [1.165, 1.54) is 11.8 Å². The summed E-state index contributed by atoms with van der Waals surface area (Å²) in [5.74, 6) is 0.176. The smallest absolute Gasteiger partial charge is 0.251 e. The number of amides is 2. The molecule has 1 heterocycles. The number of benzene rings is 3. The van der Waals surface area contributed by atoms with Gasteiger partial charge in [-0.15, -0.1) is 11.8 Å². The van der Waals surface area contributed by atoms with Crippen molar-refractivity contribution < 1.29 is 9.59 Å². The first-order valence-corrected chi connectivity index (χ1v) is 11.1. The lowest BCUT2D eigenvalue weighted by Crippen LogP contribution is -2.35. The molecule has 3 aromatic rings. The molecule has 1 N–H and O–H groups in total. The molecule has 30 heavy (non-hydrogen) atoms. The van der Waals surface area contributed by atoms with E-state index in [-0.39, 0.29) is 18.4 Å². The Bertz CT molecular complexity index is 1110. The zero-order valence-electron chi connectivity index (χ0n) is 15.9. The van der Waals surface area contributed by atoms with Gasteiger partial charge in [0.2, 0.25) is 5.91 Å². The lowest BCUT2D eigenvalue weighted by atomic mass is 10.1. The van der Waals surface area contributed by atoms with Crippen molar-refractivity contribution in [1.82, 2.24) is 5.32 Å². The van der Waals surface area contributed by atoms with Crippen molar-refractivity contribution >= 4 is 52.5 Å². The zero-order valence-corrected chi connectivity index (χ0v) is 18.2. The Morgan fingerprint density at radius 3 is 2.63 bits per heavy atom. The van der Waals surface area contributed by atoms with E-state index in [0.717, 1.165) is 21.7 Å². The predicted molar refractivity (Wildman–Crippen MR) is 122 cm³/mol. The van der Waals surface area contributed by atoms with E-state index in [1.54, 1.807) is 29.2 Å². The Labute approximate surface area is 189 Å². The van der Waals surface area contributed by atoms with Crippen molar-refractivity contribution in [3.8, 4) is 0 Å². The Kier molecular flexibility index (Phi) is 6.32. The summed E-state index contributed by atoms with van der Waals surface area (Å²) in [5, 5.41) is 3.75. The van der Waals surface area contributed by atoms with Crippen LogP contribution in [0.4, 0.5) is 5.69 Å². The molecule has 7 heteroatoms. The standard InChI is InChI=1S/C23H18Cl2N2O2S/c24-18-8-4-7-17(22(18)25)12-26-23(29)16-9-10-20-19(11-16)27(21(28)14-30-20)13-15-5-2-1-3-6-15/h1-11H,12-14H2,(H,26,29). The fourth-order valence-electron chi connectivity index (χ4n) is 3.25. The van der Waals surface area contributed by atoms with Crippen molar-refractivity contribution in [2.75, 3.05) is 10.7 Å². The molecule has 4 nitrogen and oxygen atoms in total. The maximum absolute atomic E-state index is 12.7. The first-order valence-electron chi connectivity index (χ1n) is 9.35. The third kappa shape index (κ3) is 4.48. The monoisotopic (exact) mass is 456 g/mol. The van der Waals surface area contributed by atoms with E-state index in [4.69, 9.17) is 23.2 Å².